The lowest BCUT2D eigenvalue weighted by Gasteiger charge is -2.11. The predicted octanol–water partition coefficient (Wildman–Crippen LogP) is 3.02. The highest BCUT2D eigenvalue weighted by Gasteiger charge is 2.25. The Morgan fingerprint density at radius 2 is 2.19 bits per heavy atom. The molecule has 0 saturated heterocycles. The van der Waals surface area contributed by atoms with Crippen molar-refractivity contribution < 1.29 is 13.6 Å². The maximum Gasteiger partial charge on any atom is 0.271 e. The Balaban J connectivity index is 2.71. The molecule has 0 aliphatic carbocycles. The molecule has 84 valence electrons. The first-order valence-corrected chi connectivity index (χ1v) is 5.23. The average molecular weight is 289 g/mol. The Morgan fingerprint density at radius 3 is 2.75 bits per heavy atom. The molecule has 0 spiro atoms. The number of alkyl halides is 2. The van der Waals surface area contributed by atoms with Crippen molar-refractivity contribution in [3.63, 3.8) is 0 Å². The molecular weight excluding hydrogens is 282 g/mol. The lowest BCUT2D eigenvalue weighted by atomic mass is 10.2. The minimum absolute atomic E-state index is 0.137. The van der Waals surface area contributed by atoms with E-state index in [1.54, 1.807) is 0 Å². The summed E-state index contributed by atoms with van der Waals surface area (Å²) in [6.45, 7) is 0.818. The molecule has 0 aliphatic heterocycles. The first kappa shape index (κ1) is 11.2. The predicted molar refractivity (Wildman–Crippen MR) is 57.8 cm³/mol. The van der Waals surface area contributed by atoms with E-state index in [2.05, 4.69) is 20.9 Å². The first-order chi connectivity index (χ1) is 7.41. The summed E-state index contributed by atoms with van der Waals surface area (Å²) in [5.41, 5.74) is 0.508. The largest absolute Gasteiger partial charge is 0.305 e. The zero-order valence-corrected chi connectivity index (χ0v) is 9.83. The van der Waals surface area contributed by atoms with E-state index in [9.17, 15) is 13.6 Å². The van der Waals surface area contributed by atoms with Crippen molar-refractivity contribution in [2.24, 2.45) is 0 Å². The van der Waals surface area contributed by atoms with E-state index in [1.807, 2.05) is 0 Å². The number of hydrogen-bond donors (Lipinski definition) is 0. The van der Waals surface area contributed by atoms with Gasteiger partial charge >= 0.3 is 0 Å². The van der Waals surface area contributed by atoms with E-state index in [0.29, 0.717) is 16.4 Å². The molecule has 0 amide bonds. The van der Waals surface area contributed by atoms with Crippen LogP contribution in [0.1, 0.15) is 23.0 Å². The molecule has 2 rings (SSSR count). The van der Waals surface area contributed by atoms with Crippen LogP contribution >= 0.6 is 15.9 Å². The van der Waals surface area contributed by atoms with Crippen molar-refractivity contribution in [3.8, 4) is 0 Å². The Morgan fingerprint density at radius 1 is 1.50 bits per heavy atom. The summed E-state index contributed by atoms with van der Waals surface area (Å²) in [6, 6.07) is 1.30. The van der Waals surface area contributed by atoms with Gasteiger partial charge in [0.25, 0.3) is 5.92 Å². The monoisotopic (exact) mass is 288 g/mol. The summed E-state index contributed by atoms with van der Waals surface area (Å²) in [4.78, 5) is 14.5. The number of halogens is 3. The molecule has 2 heterocycles. The van der Waals surface area contributed by atoms with Crippen molar-refractivity contribution in [1.82, 2.24) is 9.38 Å². The average Bonchev–Trinajstić information content (AvgIpc) is 2.59. The fraction of sp³-hybridized carbons (Fsp3) is 0.200. The van der Waals surface area contributed by atoms with Crippen LogP contribution in [0.15, 0.2) is 22.9 Å². The third-order valence-electron chi connectivity index (χ3n) is 2.15. The second-order valence-corrected chi connectivity index (χ2v) is 4.33. The number of hydrogen-bond acceptors (Lipinski definition) is 2. The molecule has 0 bridgehead atoms. The molecule has 6 heteroatoms. The van der Waals surface area contributed by atoms with Crippen LogP contribution in [-0.2, 0) is 5.92 Å². The smallest absolute Gasteiger partial charge is 0.271 e. The second kappa shape index (κ2) is 3.62. The van der Waals surface area contributed by atoms with Crippen LogP contribution in [0.5, 0.6) is 0 Å². The minimum Gasteiger partial charge on any atom is -0.305 e. The Hall–Kier alpha value is -1.30. The fourth-order valence-corrected chi connectivity index (χ4v) is 1.91. The van der Waals surface area contributed by atoms with E-state index in [4.69, 9.17) is 0 Å². The molecule has 0 N–H and O–H groups in total. The number of fused-ring (bicyclic) bond motifs is 1. The van der Waals surface area contributed by atoms with E-state index < -0.39 is 5.92 Å². The molecule has 0 unspecified atom stereocenters. The molecule has 0 aliphatic rings. The van der Waals surface area contributed by atoms with E-state index in [-0.39, 0.29) is 11.3 Å². The number of pyridine rings is 1. The molecule has 16 heavy (non-hydrogen) atoms. The van der Waals surface area contributed by atoms with Gasteiger partial charge in [0.1, 0.15) is 5.69 Å². The van der Waals surface area contributed by atoms with Crippen LogP contribution in [0.3, 0.4) is 0 Å². The zero-order valence-electron chi connectivity index (χ0n) is 8.25. The van der Waals surface area contributed by atoms with Gasteiger partial charge in [-0.05, 0) is 22.0 Å². The van der Waals surface area contributed by atoms with E-state index in [1.165, 1.54) is 22.9 Å². The fourth-order valence-electron chi connectivity index (χ4n) is 1.37. The Kier molecular flexibility index (Phi) is 2.53. The van der Waals surface area contributed by atoms with Crippen LogP contribution in [0.25, 0.3) is 5.65 Å². The molecule has 2 aromatic heterocycles. The molecule has 0 atom stereocenters. The van der Waals surface area contributed by atoms with Gasteiger partial charge in [-0.15, -0.1) is 0 Å². The van der Waals surface area contributed by atoms with Gasteiger partial charge in [-0.2, -0.15) is 0 Å². The maximum absolute atomic E-state index is 13.1. The highest BCUT2D eigenvalue weighted by molar-refractivity contribution is 9.10. The van der Waals surface area contributed by atoms with Crippen LogP contribution in [0.4, 0.5) is 8.78 Å². The lowest BCUT2D eigenvalue weighted by molar-refractivity contribution is 0.0170. The van der Waals surface area contributed by atoms with E-state index >= 15 is 0 Å². The number of imidazole rings is 1. The number of carbonyl (C=O) groups excluding carboxylic acids is 1. The first-order valence-electron chi connectivity index (χ1n) is 4.43. The van der Waals surface area contributed by atoms with Crippen LogP contribution in [0.2, 0.25) is 0 Å². The minimum atomic E-state index is -2.93. The summed E-state index contributed by atoms with van der Waals surface area (Å²) < 4.78 is 28.1. The zero-order chi connectivity index (χ0) is 11.9. The van der Waals surface area contributed by atoms with Gasteiger partial charge in [-0.3, -0.25) is 4.79 Å². The van der Waals surface area contributed by atoms with Crippen molar-refractivity contribution in [2.75, 3.05) is 0 Å². The normalized spacial score (nSPS) is 12.0. The quantitative estimate of drug-likeness (QED) is 0.796. The van der Waals surface area contributed by atoms with Crippen LogP contribution in [0, 0.1) is 0 Å². The Labute approximate surface area is 98.2 Å². The SMILES string of the molecule is CC(F)(F)c1cc(Br)c2nc(C=O)cn2c1. The molecular formula is C10H7BrF2N2O. The van der Waals surface area contributed by atoms with Gasteiger partial charge in [0, 0.05) is 24.9 Å². The molecule has 0 fully saturated rings. The third-order valence-corrected chi connectivity index (χ3v) is 2.74. The van der Waals surface area contributed by atoms with Gasteiger partial charge in [-0.1, -0.05) is 0 Å². The standard InChI is InChI=1S/C10H7BrF2N2O/c1-10(12,13)6-2-8(11)9-14-7(5-16)4-15(9)3-6/h2-5H,1H3. The number of aromatic nitrogens is 2. The Bertz CT molecular complexity index is 560. The van der Waals surface area contributed by atoms with Gasteiger partial charge in [-0.25, -0.2) is 13.8 Å². The highest BCUT2D eigenvalue weighted by Crippen LogP contribution is 2.30. The summed E-state index contributed by atoms with van der Waals surface area (Å²) in [7, 11) is 0. The molecule has 0 saturated carbocycles. The number of carbonyl (C=O) groups is 1. The van der Waals surface area contributed by atoms with Crippen molar-refractivity contribution in [2.45, 2.75) is 12.8 Å². The number of nitrogens with zero attached hydrogens (tertiary/aromatic N) is 2. The van der Waals surface area contributed by atoms with Crippen LogP contribution in [-0.4, -0.2) is 15.7 Å². The van der Waals surface area contributed by atoms with Crippen molar-refractivity contribution >= 4 is 27.9 Å². The molecule has 2 aromatic rings. The third kappa shape index (κ3) is 1.84. The van der Waals surface area contributed by atoms with Gasteiger partial charge in [0.15, 0.2) is 11.9 Å². The second-order valence-electron chi connectivity index (χ2n) is 3.48. The summed E-state index contributed by atoms with van der Waals surface area (Å²) >= 11 is 3.15. The van der Waals surface area contributed by atoms with Gasteiger partial charge in [0.05, 0.1) is 4.47 Å². The highest BCUT2D eigenvalue weighted by atomic mass is 79.9. The van der Waals surface area contributed by atoms with Gasteiger partial charge in [0.2, 0.25) is 0 Å². The van der Waals surface area contributed by atoms with Crippen molar-refractivity contribution in [1.29, 1.82) is 0 Å². The summed E-state index contributed by atoms with van der Waals surface area (Å²) in [5.74, 6) is -2.93. The maximum atomic E-state index is 13.1. The molecule has 3 nitrogen and oxygen atoms in total. The lowest BCUT2D eigenvalue weighted by Crippen LogP contribution is -2.08. The van der Waals surface area contributed by atoms with Crippen LogP contribution < -0.4 is 0 Å². The number of rotatable bonds is 2. The van der Waals surface area contributed by atoms with Gasteiger partial charge < -0.3 is 4.40 Å². The number of aldehydes is 1. The topological polar surface area (TPSA) is 34.4 Å². The summed E-state index contributed by atoms with van der Waals surface area (Å²) in [5, 5.41) is 0. The van der Waals surface area contributed by atoms with E-state index in [0.717, 1.165) is 6.92 Å². The van der Waals surface area contributed by atoms with Crippen molar-refractivity contribution in [3.05, 3.63) is 34.2 Å². The summed E-state index contributed by atoms with van der Waals surface area (Å²) in [6.07, 6.45) is 3.24. The molecule has 0 radical (unpaired) electrons. The molecule has 0 aromatic carbocycles.